The van der Waals surface area contributed by atoms with Crippen molar-refractivity contribution >= 4 is 33.8 Å². The lowest BCUT2D eigenvalue weighted by molar-refractivity contribution is -0.139. The first-order chi connectivity index (χ1) is 19.4. The molecule has 3 aliphatic carbocycles. The Balaban J connectivity index is 1.56. The molecule has 3 fully saturated rings. The SMILES string of the molecule is C=C[C@@H]1C[C@]1(NC(=O)[C@@H]1C[C@@](O)(C2CC(C)=CC=C2C)CN1C(=O)CNC(=O)OC(C)(C)C)C(=O)NS(=O)(=O)C1CC1. The zero-order chi connectivity index (χ0) is 31.3. The van der Waals surface area contributed by atoms with Crippen LogP contribution in [0.25, 0.3) is 0 Å². The number of aliphatic hydroxyl groups is 1. The van der Waals surface area contributed by atoms with E-state index in [0.29, 0.717) is 19.3 Å². The van der Waals surface area contributed by atoms with E-state index in [0.717, 1.165) is 11.1 Å². The molecule has 232 valence electrons. The number of likely N-dealkylation sites (tertiary alicyclic amines) is 1. The van der Waals surface area contributed by atoms with Crippen LogP contribution in [0.15, 0.2) is 36.0 Å². The molecule has 1 unspecified atom stereocenters. The van der Waals surface area contributed by atoms with E-state index in [1.54, 1.807) is 20.8 Å². The molecule has 4 N–H and O–H groups in total. The molecule has 1 heterocycles. The second kappa shape index (κ2) is 11.1. The summed E-state index contributed by atoms with van der Waals surface area (Å²) in [6.07, 6.45) is 6.04. The zero-order valence-corrected chi connectivity index (χ0v) is 25.7. The van der Waals surface area contributed by atoms with E-state index in [-0.39, 0.29) is 25.3 Å². The van der Waals surface area contributed by atoms with Crippen molar-refractivity contribution in [2.24, 2.45) is 11.8 Å². The molecule has 2 saturated carbocycles. The lowest BCUT2D eigenvalue weighted by Gasteiger charge is -2.35. The van der Waals surface area contributed by atoms with Crippen LogP contribution in [0.5, 0.6) is 0 Å². The van der Waals surface area contributed by atoms with E-state index >= 15 is 0 Å². The van der Waals surface area contributed by atoms with Gasteiger partial charge in [0, 0.05) is 18.3 Å². The lowest BCUT2D eigenvalue weighted by Crippen LogP contribution is -2.57. The molecule has 5 atom stereocenters. The number of allylic oxidation sites excluding steroid dienone is 3. The highest BCUT2D eigenvalue weighted by molar-refractivity contribution is 7.91. The summed E-state index contributed by atoms with van der Waals surface area (Å²) in [5.74, 6) is -3.04. The van der Waals surface area contributed by atoms with Gasteiger partial charge in [0.25, 0.3) is 5.91 Å². The molecule has 0 spiro atoms. The van der Waals surface area contributed by atoms with Gasteiger partial charge in [-0.05, 0) is 60.3 Å². The third kappa shape index (κ3) is 6.72. The number of nitrogens with zero attached hydrogens (tertiary/aromatic N) is 1. The minimum Gasteiger partial charge on any atom is -0.444 e. The summed E-state index contributed by atoms with van der Waals surface area (Å²) >= 11 is 0. The van der Waals surface area contributed by atoms with Crippen LogP contribution in [0.4, 0.5) is 4.79 Å². The first-order valence-electron chi connectivity index (χ1n) is 14.2. The van der Waals surface area contributed by atoms with Crippen molar-refractivity contribution in [3.63, 3.8) is 0 Å². The number of β-amino-alcohol motifs (C(OH)–C–C–N with tert-alkyl or cyclic N) is 1. The van der Waals surface area contributed by atoms with Gasteiger partial charge in [-0.25, -0.2) is 13.2 Å². The van der Waals surface area contributed by atoms with Gasteiger partial charge in [-0.15, -0.1) is 6.58 Å². The first kappa shape index (κ1) is 31.7. The van der Waals surface area contributed by atoms with Gasteiger partial charge in [-0.1, -0.05) is 29.4 Å². The van der Waals surface area contributed by atoms with Gasteiger partial charge in [-0.2, -0.15) is 0 Å². The predicted octanol–water partition coefficient (Wildman–Crippen LogP) is 1.42. The first-order valence-corrected chi connectivity index (χ1v) is 15.8. The number of rotatable bonds is 9. The summed E-state index contributed by atoms with van der Waals surface area (Å²) in [6, 6.07) is -1.18. The normalized spacial score (nSPS) is 30.9. The van der Waals surface area contributed by atoms with Gasteiger partial charge in [0.1, 0.15) is 23.7 Å². The predicted molar refractivity (Wildman–Crippen MR) is 154 cm³/mol. The molecule has 0 aromatic heterocycles. The summed E-state index contributed by atoms with van der Waals surface area (Å²) < 4.78 is 32.3. The molecule has 0 bridgehead atoms. The summed E-state index contributed by atoms with van der Waals surface area (Å²) in [7, 11) is -3.87. The number of hydrogen-bond donors (Lipinski definition) is 4. The molecule has 1 saturated heterocycles. The van der Waals surface area contributed by atoms with E-state index < -0.39 is 74.3 Å². The monoisotopic (exact) mass is 606 g/mol. The molecule has 4 rings (SSSR count). The number of amides is 4. The number of hydrogen-bond acceptors (Lipinski definition) is 8. The van der Waals surface area contributed by atoms with Gasteiger partial charge in [0.2, 0.25) is 21.8 Å². The molecule has 0 aromatic rings. The van der Waals surface area contributed by atoms with E-state index in [4.69, 9.17) is 4.74 Å². The van der Waals surface area contributed by atoms with Crippen molar-refractivity contribution in [3.8, 4) is 0 Å². The highest BCUT2D eigenvalue weighted by atomic mass is 32.2. The number of sulfonamides is 1. The minimum atomic E-state index is -3.87. The average Bonchev–Trinajstić information content (AvgIpc) is 3.80. The van der Waals surface area contributed by atoms with Crippen molar-refractivity contribution in [1.29, 1.82) is 0 Å². The smallest absolute Gasteiger partial charge is 0.408 e. The third-order valence-electron chi connectivity index (χ3n) is 8.38. The van der Waals surface area contributed by atoms with Gasteiger partial charge >= 0.3 is 6.09 Å². The van der Waals surface area contributed by atoms with Crippen molar-refractivity contribution in [2.75, 3.05) is 13.1 Å². The lowest BCUT2D eigenvalue weighted by atomic mass is 9.75. The molecule has 12 nitrogen and oxygen atoms in total. The van der Waals surface area contributed by atoms with Gasteiger partial charge in [0.05, 0.1) is 17.4 Å². The van der Waals surface area contributed by atoms with Gasteiger partial charge in [-0.3, -0.25) is 19.1 Å². The second-order valence-electron chi connectivity index (χ2n) is 13.1. The minimum absolute atomic E-state index is 0.114. The number of ether oxygens (including phenoxy) is 1. The summed E-state index contributed by atoms with van der Waals surface area (Å²) in [6.45, 7) is 11.9. The van der Waals surface area contributed by atoms with E-state index in [2.05, 4.69) is 21.9 Å². The number of carbonyl (C=O) groups is 4. The van der Waals surface area contributed by atoms with Crippen molar-refractivity contribution in [3.05, 3.63) is 36.0 Å². The van der Waals surface area contributed by atoms with E-state index in [1.165, 1.54) is 11.0 Å². The van der Waals surface area contributed by atoms with Gasteiger partial charge in [0.15, 0.2) is 0 Å². The van der Waals surface area contributed by atoms with Crippen LogP contribution in [0, 0.1) is 11.8 Å². The molecular weight excluding hydrogens is 564 g/mol. The Morgan fingerprint density at radius 1 is 1.17 bits per heavy atom. The molecule has 0 aromatic carbocycles. The maximum absolute atomic E-state index is 13.8. The highest BCUT2D eigenvalue weighted by Gasteiger charge is 2.62. The highest BCUT2D eigenvalue weighted by Crippen LogP contribution is 2.46. The van der Waals surface area contributed by atoms with E-state index in [9.17, 15) is 32.7 Å². The third-order valence-corrected chi connectivity index (χ3v) is 10.2. The largest absolute Gasteiger partial charge is 0.444 e. The topological polar surface area (TPSA) is 171 Å². The molecule has 1 aliphatic heterocycles. The Kier molecular flexibility index (Phi) is 8.42. The Bertz CT molecular complexity index is 1350. The van der Waals surface area contributed by atoms with Crippen LogP contribution >= 0.6 is 0 Å². The number of nitrogens with one attached hydrogen (secondary N) is 3. The fourth-order valence-corrected chi connectivity index (χ4v) is 7.16. The Morgan fingerprint density at radius 2 is 1.83 bits per heavy atom. The average molecular weight is 607 g/mol. The van der Waals surface area contributed by atoms with Gasteiger partial charge < -0.3 is 25.4 Å². The Hall–Kier alpha value is -3.19. The van der Waals surface area contributed by atoms with Crippen LogP contribution < -0.4 is 15.4 Å². The van der Waals surface area contributed by atoms with Crippen molar-refractivity contribution in [1.82, 2.24) is 20.3 Å². The maximum atomic E-state index is 13.8. The van der Waals surface area contributed by atoms with Crippen LogP contribution in [0.1, 0.15) is 66.7 Å². The van der Waals surface area contributed by atoms with Crippen LogP contribution in [0.3, 0.4) is 0 Å². The standard InChI is InChI=1S/C29H42N4O8S/c1-7-19-13-29(19,25(36)32-42(39,40)20-10-11-20)31-24(35)22-14-28(38,21-12-17(2)8-9-18(21)3)16-33(22)23(34)15-30-26(37)41-27(4,5)6/h7-9,19-22,38H,1,10-16H2,2-6H3,(H,30,37)(H,31,35)(H,32,36)/t19-,21?,22+,28+,29-/m1/s1. The number of carbonyl (C=O) groups excluding carboxylic acids is 4. The van der Waals surface area contributed by atoms with Crippen molar-refractivity contribution < 1.29 is 37.4 Å². The quantitative estimate of drug-likeness (QED) is 0.286. The molecular formula is C29H42N4O8S. The fraction of sp³-hybridized carbons (Fsp3) is 0.655. The van der Waals surface area contributed by atoms with Crippen LogP contribution in [-0.4, -0.2) is 83.4 Å². The number of alkyl carbamates (subject to hydrolysis) is 1. The molecule has 42 heavy (non-hydrogen) atoms. The second-order valence-corrected chi connectivity index (χ2v) is 15.0. The summed E-state index contributed by atoms with van der Waals surface area (Å²) in [4.78, 5) is 53.8. The molecule has 13 heteroatoms. The maximum Gasteiger partial charge on any atom is 0.408 e. The molecule has 4 amide bonds. The Labute approximate surface area is 247 Å². The summed E-state index contributed by atoms with van der Waals surface area (Å²) in [5.41, 5.74) is -1.85. The van der Waals surface area contributed by atoms with Crippen molar-refractivity contribution in [2.45, 2.75) is 94.8 Å². The Morgan fingerprint density at radius 3 is 2.40 bits per heavy atom. The fourth-order valence-electron chi connectivity index (χ4n) is 5.80. The van der Waals surface area contributed by atoms with E-state index in [1.807, 2.05) is 26.0 Å². The molecule has 0 radical (unpaired) electrons. The molecule has 4 aliphatic rings. The zero-order valence-electron chi connectivity index (χ0n) is 24.9. The van der Waals surface area contributed by atoms with Crippen LogP contribution in [0.2, 0.25) is 0 Å². The summed E-state index contributed by atoms with van der Waals surface area (Å²) in [5, 5.41) is 16.4. The van der Waals surface area contributed by atoms with Crippen LogP contribution in [-0.2, 0) is 29.1 Å².